The Morgan fingerprint density at radius 3 is 1.10 bits per heavy atom. The lowest BCUT2D eigenvalue weighted by atomic mass is 10.9. The molecule has 0 atom stereocenters. The van der Waals surface area contributed by atoms with Gasteiger partial charge in [-0.1, -0.05) is 32.0 Å². The summed E-state index contributed by atoms with van der Waals surface area (Å²) in [7, 11) is 22.1. The molecule has 21 heavy (non-hydrogen) atoms. The average Bonchev–Trinajstić information content (AvgIpc) is 2.39. The summed E-state index contributed by atoms with van der Waals surface area (Å²) < 4.78 is 0. The molecule has 0 amide bonds. The van der Waals surface area contributed by atoms with Gasteiger partial charge in [0.15, 0.2) is 0 Å². The molecule has 1 heterocycles. The summed E-state index contributed by atoms with van der Waals surface area (Å²) in [5.74, 6) is 2.38. The Morgan fingerprint density at radius 2 is 0.905 bits per heavy atom. The molecule has 1 fully saturated rings. The monoisotopic (exact) mass is 411 g/mol. The van der Waals surface area contributed by atoms with Gasteiger partial charge in [-0.3, -0.25) is 0 Å². The van der Waals surface area contributed by atoms with E-state index in [-0.39, 0.29) is 0 Å². The van der Waals surface area contributed by atoms with Gasteiger partial charge in [0.05, 0.1) is 0 Å². The van der Waals surface area contributed by atoms with E-state index in [4.69, 9.17) is 32.0 Å². The topological polar surface area (TPSA) is 37.1 Å². The van der Waals surface area contributed by atoms with Crippen LogP contribution in [0.25, 0.3) is 0 Å². The van der Waals surface area contributed by atoms with Gasteiger partial charge in [-0.05, 0) is 0 Å². The summed E-state index contributed by atoms with van der Waals surface area (Å²) in [6, 6.07) is 0. The van der Waals surface area contributed by atoms with Crippen LogP contribution in [-0.4, -0.2) is 72.3 Å². The summed E-state index contributed by atoms with van der Waals surface area (Å²) in [4.78, 5) is 12.3. The zero-order valence-electron chi connectivity index (χ0n) is 12.7. The molecule has 0 spiro atoms. The van der Waals surface area contributed by atoms with Gasteiger partial charge < -0.3 is 15.0 Å². The lowest BCUT2D eigenvalue weighted by molar-refractivity contribution is 1.46. The molecular formula is C12H24Cl3N3S3. The van der Waals surface area contributed by atoms with Crippen molar-refractivity contribution in [2.24, 2.45) is 15.0 Å². The molecule has 1 saturated heterocycles. The van der Waals surface area contributed by atoms with E-state index in [1.54, 1.807) is 21.1 Å². The number of hydrogen-bond acceptors (Lipinski definition) is 3. The highest BCUT2D eigenvalue weighted by atomic mass is 35.7. The van der Waals surface area contributed by atoms with Gasteiger partial charge in [-0.2, -0.15) is 0 Å². The maximum Gasteiger partial charge on any atom is 0.0347 e. The standard InChI is InChI=1S/C12H24Cl3N3S3/c1-16-4-7-19(13)10-20(14,8-5-17-2)12-21(15,11-19)9-6-18-3/h4-6H,7-12H2,1-3H3. The molecule has 0 saturated carbocycles. The third kappa shape index (κ3) is 6.51. The lowest BCUT2D eigenvalue weighted by Gasteiger charge is -2.55. The summed E-state index contributed by atoms with van der Waals surface area (Å²) >= 11 is 0. The quantitative estimate of drug-likeness (QED) is 0.559. The average molecular weight is 413 g/mol. The van der Waals surface area contributed by atoms with Crippen LogP contribution in [0.2, 0.25) is 0 Å². The Morgan fingerprint density at radius 1 is 0.667 bits per heavy atom. The Kier molecular flexibility index (Phi) is 8.27. The van der Waals surface area contributed by atoms with Gasteiger partial charge in [-0.25, -0.2) is 0 Å². The summed E-state index contributed by atoms with van der Waals surface area (Å²) in [5.41, 5.74) is 0. The van der Waals surface area contributed by atoms with Crippen LogP contribution >= 0.6 is 59.8 Å². The molecule has 0 aromatic rings. The van der Waals surface area contributed by atoms with Crippen molar-refractivity contribution in [1.82, 2.24) is 0 Å². The second-order valence-electron chi connectivity index (χ2n) is 4.99. The third-order valence-corrected chi connectivity index (χ3v) is 21.3. The van der Waals surface area contributed by atoms with Crippen LogP contribution < -0.4 is 0 Å². The van der Waals surface area contributed by atoms with Crippen molar-refractivity contribution in [3.05, 3.63) is 0 Å². The second-order valence-corrected chi connectivity index (χ2v) is 20.4. The van der Waals surface area contributed by atoms with Crippen molar-refractivity contribution < 1.29 is 0 Å². The first-order chi connectivity index (χ1) is 9.80. The summed E-state index contributed by atoms with van der Waals surface area (Å²) in [5, 5.41) is 2.64. The normalized spacial score (nSPS) is 47.1. The Hall–Kier alpha value is 0.930. The summed E-state index contributed by atoms with van der Waals surface area (Å²) in [6.45, 7) is 0. The fourth-order valence-electron chi connectivity index (χ4n) is 2.15. The van der Waals surface area contributed by atoms with E-state index < -0.39 is 27.7 Å². The molecule has 0 radical (unpaired) electrons. The maximum absolute atomic E-state index is 6.96. The summed E-state index contributed by atoms with van der Waals surface area (Å²) in [6.07, 6.45) is 5.72. The van der Waals surface area contributed by atoms with Crippen molar-refractivity contribution in [2.45, 2.75) is 0 Å². The van der Waals surface area contributed by atoms with Gasteiger partial charge >= 0.3 is 0 Å². The van der Waals surface area contributed by atoms with Gasteiger partial charge in [0.1, 0.15) is 0 Å². The molecule has 3 nitrogen and oxygen atoms in total. The SMILES string of the molecule is CN=CCS1(Cl)CS(Cl)(CC=NC)CS(Cl)(CC=NC)C1. The van der Waals surface area contributed by atoms with Gasteiger partial charge in [0.2, 0.25) is 0 Å². The van der Waals surface area contributed by atoms with E-state index in [1.165, 1.54) is 0 Å². The number of nitrogens with zero attached hydrogens (tertiary/aromatic N) is 3. The van der Waals surface area contributed by atoms with Gasteiger partial charge in [-0.15, -0.1) is 27.7 Å². The molecule has 126 valence electrons. The van der Waals surface area contributed by atoms with Crippen LogP contribution in [0.15, 0.2) is 15.0 Å². The highest BCUT2D eigenvalue weighted by Gasteiger charge is 2.45. The van der Waals surface area contributed by atoms with Crippen molar-refractivity contribution >= 4 is 78.4 Å². The van der Waals surface area contributed by atoms with E-state index in [0.29, 0.717) is 0 Å². The van der Waals surface area contributed by atoms with E-state index in [9.17, 15) is 0 Å². The highest BCUT2D eigenvalue weighted by molar-refractivity contribution is 8.78. The van der Waals surface area contributed by atoms with Gasteiger partial charge in [0.25, 0.3) is 0 Å². The second kappa shape index (κ2) is 8.69. The van der Waals surface area contributed by atoms with E-state index in [2.05, 4.69) is 15.0 Å². The lowest BCUT2D eigenvalue weighted by Crippen LogP contribution is -2.28. The Balaban J connectivity index is 3.02. The molecule has 1 aliphatic rings. The minimum absolute atomic E-state index is 0.792. The van der Waals surface area contributed by atoms with Crippen LogP contribution in [-0.2, 0) is 0 Å². The first kappa shape index (κ1) is 20.0. The Bertz CT molecular complexity index is 361. The molecule has 1 aliphatic heterocycles. The third-order valence-electron chi connectivity index (χ3n) is 2.93. The molecule has 0 aromatic carbocycles. The van der Waals surface area contributed by atoms with Crippen LogP contribution in [0.4, 0.5) is 0 Å². The minimum atomic E-state index is -1.37. The highest BCUT2D eigenvalue weighted by Crippen LogP contribution is 2.83. The van der Waals surface area contributed by atoms with Crippen molar-refractivity contribution in [2.75, 3.05) is 53.7 Å². The van der Waals surface area contributed by atoms with Crippen molar-refractivity contribution in [1.29, 1.82) is 0 Å². The molecular weight excluding hydrogens is 389 g/mol. The van der Waals surface area contributed by atoms with Crippen LogP contribution in [0, 0.1) is 0 Å². The van der Waals surface area contributed by atoms with E-state index in [1.807, 2.05) is 18.6 Å². The fourth-order valence-corrected chi connectivity index (χ4v) is 28.4. The zero-order chi connectivity index (χ0) is 16.0. The van der Waals surface area contributed by atoms with Crippen molar-refractivity contribution in [3.63, 3.8) is 0 Å². The first-order valence-corrected chi connectivity index (χ1v) is 15.3. The fraction of sp³-hybridized carbons (Fsp3) is 0.750. The number of halogens is 3. The van der Waals surface area contributed by atoms with Crippen molar-refractivity contribution in [3.8, 4) is 0 Å². The first-order valence-electron chi connectivity index (χ1n) is 6.40. The number of hydrogen-bond donors (Lipinski definition) is 0. The Labute approximate surface area is 146 Å². The molecule has 0 bridgehead atoms. The minimum Gasteiger partial charge on any atom is -0.300 e. The van der Waals surface area contributed by atoms with Crippen LogP contribution in [0.3, 0.4) is 0 Å². The maximum atomic E-state index is 6.96. The predicted octanol–water partition coefficient (Wildman–Crippen LogP) is 4.85. The molecule has 1 rings (SSSR count). The smallest absolute Gasteiger partial charge is 0.0347 e. The number of rotatable bonds is 6. The van der Waals surface area contributed by atoms with Crippen LogP contribution in [0.5, 0.6) is 0 Å². The van der Waals surface area contributed by atoms with E-state index >= 15 is 0 Å². The number of aliphatic imine (C=N–C) groups is 3. The zero-order valence-corrected chi connectivity index (χ0v) is 17.4. The molecule has 0 unspecified atom stereocenters. The molecule has 9 heteroatoms. The van der Waals surface area contributed by atoms with Crippen LogP contribution in [0.1, 0.15) is 0 Å². The molecule has 0 N–H and O–H groups in total. The predicted molar refractivity (Wildman–Crippen MR) is 113 cm³/mol. The van der Waals surface area contributed by atoms with Gasteiger partial charge in [0, 0.05) is 72.3 Å². The van der Waals surface area contributed by atoms with E-state index in [0.717, 1.165) is 32.5 Å². The molecule has 0 aliphatic carbocycles. The molecule has 0 aromatic heterocycles. The largest absolute Gasteiger partial charge is 0.300 e.